The summed E-state index contributed by atoms with van der Waals surface area (Å²) in [5.41, 5.74) is 1.20. The second-order valence-corrected chi connectivity index (χ2v) is 6.32. The van der Waals surface area contributed by atoms with Crippen LogP contribution in [-0.2, 0) is 4.79 Å². The van der Waals surface area contributed by atoms with Crippen LogP contribution in [0.4, 0.5) is 21.0 Å². The van der Waals surface area contributed by atoms with E-state index in [0.717, 1.165) is 0 Å². The van der Waals surface area contributed by atoms with Crippen molar-refractivity contribution in [1.29, 1.82) is 0 Å². The van der Waals surface area contributed by atoms with Gasteiger partial charge in [-0.1, -0.05) is 6.07 Å². The normalized spacial score (nSPS) is 10.7. The van der Waals surface area contributed by atoms with Crippen molar-refractivity contribution in [3.8, 4) is 0 Å². The summed E-state index contributed by atoms with van der Waals surface area (Å²) >= 11 is 0. The predicted molar refractivity (Wildman–Crippen MR) is 97.0 cm³/mol. The number of hydrogen-bond donors (Lipinski definition) is 5. The monoisotopic (exact) mass is 350 g/mol. The molecule has 25 heavy (non-hydrogen) atoms. The summed E-state index contributed by atoms with van der Waals surface area (Å²) in [6.07, 6.45) is 0.284. The van der Waals surface area contributed by atoms with Crippen LogP contribution < -0.4 is 21.3 Å². The lowest BCUT2D eigenvalue weighted by Gasteiger charge is -2.26. The molecule has 8 heteroatoms. The maximum atomic E-state index is 12.2. The number of urea groups is 2. The number of carbonyl (C=O) groups is 3. The van der Waals surface area contributed by atoms with E-state index in [1.165, 1.54) is 0 Å². The molecule has 0 radical (unpaired) electrons. The van der Waals surface area contributed by atoms with Gasteiger partial charge in [0.2, 0.25) is 0 Å². The van der Waals surface area contributed by atoms with Gasteiger partial charge in [-0.15, -0.1) is 0 Å². The molecule has 5 N–H and O–H groups in total. The number of anilines is 2. The lowest BCUT2D eigenvalue weighted by molar-refractivity contribution is -0.137. The number of carbonyl (C=O) groups excluding carboxylic acids is 2. The number of benzene rings is 1. The molecule has 0 atom stereocenters. The summed E-state index contributed by atoms with van der Waals surface area (Å²) in [6, 6.07) is 4.43. The van der Waals surface area contributed by atoms with Gasteiger partial charge in [0, 0.05) is 29.9 Å². The maximum absolute atomic E-state index is 12.2. The van der Waals surface area contributed by atoms with E-state index in [9.17, 15) is 14.4 Å². The topological polar surface area (TPSA) is 120 Å². The number of aliphatic carboxylic acids is 1. The summed E-state index contributed by atoms with van der Waals surface area (Å²) in [5.74, 6) is -0.907. The Morgan fingerprint density at radius 3 is 2.16 bits per heavy atom. The molecule has 0 aliphatic heterocycles. The third kappa shape index (κ3) is 7.11. The summed E-state index contributed by atoms with van der Waals surface area (Å²) in [4.78, 5) is 34.5. The molecule has 0 heterocycles. The fraction of sp³-hybridized carbons (Fsp3) is 0.471. The van der Waals surface area contributed by atoms with Gasteiger partial charge in [-0.2, -0.15) is 0 Å². The first-order chi connectivity index (χ1) is 11.6. The molecule has 4 amide bonds. The van der Waals surface area contributed by atoms with Crippen LogP contribution in [0.5, 0.6) is 0 Å². The smallest absolute Gasteiger partial charge is 0.319 e. The van der Waals surface area contributed by atoms with E-state index in [2.05, 4.69) is 21.3 Å². The summed E-state index contributed by atoms with van der Waals surface area (Å²) in [5, 5.41) is 19.6. The lowest BCUT2D eigenvalue weighted by atomic mass is 9.99. The summed E-state index contributed by atoms with van der Waals surface area (Å²) < 4.78 is 0. The Bertz CT molecular complexity index is 644. The maximum Gasteiger partial charge on any atom is 0.319 e. The minimum Gasteiger partial charge on any atom is -0.481 e. The first-order valence-corrected chi connectivity index (χ1v) is 8.10. The lowest BCUT2D eigenvalue weighted by Crippen LogP contribution is -2.45. The second kappa shape index (κ2) is 8.91. The highest BCUT2D eigenvalue weighted by molar-refractivity contribution is 5.94. The Hall–Kier alpha value is -2.77. The molecule has 0 aliphatic rings. The van der Waals surface area contributed by atoms with Crippen molar-refractivity contribution in [1.82, 2.24) is 10.6 Å². The van der Waals surface area contributed by atoms with Gasteiger partial charge in [0.25, 0.3) is 0 Å². The molecule has 0 unspecified atom stereocenters. The Labute approximate surface area is 147 Å². The fourth-order valence-corrected chi connectivity index (χ4v) is 2.18. The van der Waals surface area contributed by atoms with Gasteiger partial charge in [0.1, 0.15) is 0 Å². The van der Waals surface area contributed by atoms with Crippen molar-refractivity contribution in [3.05, 3.63) is 23.8 Å². The number of rotatable bonds is 7. The van der Waals surface area contributed by atoms with Gasteiger partial charge in [-0.25, -0.2) is 9.59 Å². The molecular formula is C17H26N4O4. The van der Waals surface area contributed by atoms with Crippen LogP contribution in [0.2, 0.25) is 0 Å². The van der Waals surface area contributed by atoms with Crippen molar-refractivity contribution < 1.29 is 19.5 Å². The molecule has 138 valence electrons. The van der Waals surface area contributed by atoms with E-state index in [1.807, 2.05) is 6.92 Å². The highest BCUT2D eigenvalue weighted by Gasteiger charge is 2.22. The van der Waals surface area contributed by atoms with Crippen molar-refractivity contribution in [2.24, 2.45) is 0 Å². The van der Waals surface area contributed by atoms with E-state index >= 15 is 0 Å². The average molecular weight is 350 g/mol. The third-order valence-corrected chi connectivity index (χ3v) is 3.58. The van der Waals surface area contributed by atoms with E-state index in [-0.39, 0.29) is 12.5 Å². The van der Waals surface area contributed by atoms with E-state index in [0.29, 0.717) is 29.9 Å². The van der Waals surface area contributed by atoms with Crippen molar-refractivity contribution in [2.45, 2.75) is 46.1 Å². The highest BCUT2D eigenvalue weighted by atomic mass is 16.4. The molecule has 1 aromatic rings. The van der Waals surface area contributed by atoms with Crippen LogP contribution in [0.25, 0.3) is 0 Å². The number of carboxylic acids is 1. The Morgan fingerprint density at radius 1 is 1.08 bits per heavy atom. The molecule has 0 spiro atoms. The largest absolute Gasteiger partial charge is 0.481 e. The molecule has 1 aromatic carbocycles. The minimum atomic E-state index is -0.907. The first-order valence-electron chi connectivity index (χ1n) is 8.10. The zero-order valence-electron chi connectivity index (χ0n) is 15.0. The number of carboxylic acid groups (broad SMARTS) is 1. The van der Waals surface area contributed by atoms with Crippen molar-refractivity contribution in [2.75, 3.05) is 17.2 Å². The van der Waals surface area contributed by atoms with Crippen LogP contribution >= 0.6 is 0 Å². The predicted octanol–water partition coefficient (Wildman–Crippen LogP) is 2.90. The molecule has 0 aliphatic carbocycles. The number of amides is 4. The Morgan fingerprint density at radius 2 is 1.64 bits per heavy atom. The standard InChI is InChI=1S/C17H26N4O4/c1-5-18-15(24)19-12-7-6-8-13(11(12)2)20-16(25)21-17(3,4)10-9-14(22)23/h6-8H,5,9-10H2,1-4H3,(H,22,23)(H2,18,19,24)(H2,20,21,25). The van der Waals surface area contributed by atoms with E-state index < -0.39 is 17.5 Å². The molecule has 8 nitrogen and oxygen atoms in total. The van der Waals surface area contributed by atoms with Crippen molar-refractivity contribution in [3.63, 3.8) is 0 Å². The van der Waals surface area contributed by atoms with Crippen LogP contribution in [-0.4, -0.2) is 35.2 Å². The van der Waals surface area contributed by atoms with Gasteiger partial charge in [0.05, 0.1) is 0 Å². The zero-order chi connectivity index (χ0) is 19.0. The molecule has 0 aromatic heterocycles. The van der Waals surface area contributed by atoms with Crippen molar-refractivity contribution >= 4 is 29.4 Å². The highest BCUT2D eigenvalue weighted by Crippen LogP contribution is 2.23. The van der Waals surface area contributed by atoms with E-state index in [4.69, 9.17) is 5.11 Å². The zero-order valence-corrected chi connectivity index (χ0v) is 15.0. The van der Waals surface area contributed by atoms with Gasteiger partial charge >= 0.3 is 18.0 Å². The van der Waals surface area contributed by atoms with Gasteiger partial charge in [-0.05, 0) is 51.8 Å². The fourth-order valence-electron chi connectivity index (χ4n) is 2.18. The van der Waals surface area contributed by atoms with Crippen LogP contribution in [0.1, 0.15) is 39.2 Å². The van der Waals surface area contributed by atoms with Crippen LogP contribution in [0, 0.1) is 6.92 Å². The molecule has 1 rings (SSSR count). The second-order valence-electron chi connectivity index (χ2n) is 6.32. The van der Waals surface area contributed by atoms with E-state index in [1.54, 1.807) is 39.0 Å². The van der Waals surface area contributed by atoms with Crippen LogP contribution in [0.3, 0.4) is 0 Å². The molecular weight excluding hydrogens is 324 g/mol. The first kappa shape index (κ1) is 20.3. The number of hydrogen-bond acceptors (Lipinski definition) is 3. The van der Waals surface area contributed by atoms with Crippen LogP contribution in [0.15, 0.2) is 18.2 Å². The van der Waals surface area contributed by atoms with Gasteiger partial charge in [0.15, 0.2) is 0 Å². The summed E-state index contributed by atoms with van der Waals surface area (Å²) in [6.45, 7) is 7.63. The molecule has 0 saturated carbocycles. The Kier molecular flexibility index (Phi) is 7.22. The summed E-state index contributed by atoms with van der Waals surface area (Å²) in [7, 11) is 0. The van der Waals surface area contributed by atoms with Gasteiger partial charge < -0.3 is 26.4 Å². The quantitative estimate of drug-likeness (QED) is 0.519. The number of nitrogens with one attached hydrogen (secondary N) is 4. The molecule has 0 fully saturated rings. The van der Waals surface area contributed by atoms with Gasteiger partial charge in [-0.3, -0.25) is 4.79 Å². The third-order valence-electron chi connectivity index (χ3n) is 3.58. The molecule has 0 bridgehead atoms. The Balaban J connectivity index is 2.74. The minimum absolute atomic E-state index is 0.0295. The average Bonchev–Trinajstić information content (AvgIpc) is 2.49. The molecule has 0 saturated heterocycles. The SMILES string of the molecule is CCNC(=O)Nc1cccc(NC(=O)NC(C)(C)CCC(=O)O)c1C.